The van der Waals surface area contributed by atoms with E-state index >= 15 is 0 Å². The SMILES string of the molecule is CSCCCNc1cncc(C(=O)O)n1. The fourth-order valence-corrected chi connectivity index (χ4v) is 1.42. The predicted molar refractivity (Wildman–Crippen MR) is 60.5 cm³/mol. The van der Waals surface area contributed by atoms with Gasteiger partial charge < -0.3 is 10.4 Å². The Kier molecular flexibility index (Phi) is 4.89. The number of hydrogen-bond donors (Lipinski definition) is 2. The first-order chi connectivity index (χ1) is 7.24. The van der Waals surface area contributed by atoms with E-state index in [9.17, 15) is 4.79 Å². The van der Waals surface area contributed by atoms with Crippen molar-refractivity contribution in [3.63, 3.8) is 0 Å². The summed E-state index contributed by atoms with van der Waals surface area (Å²) in [5.74, 6) is 0.519. The topological polar surface area (TPSA) is 75.1 Å². The zero-order valence-electron chi connectivity index (χ0n) is 8.43. The summed E-state index contributed by atoms with van der Waals surface area (Å²) in [5.41, 5.74) is -0.0372. The van der Waals surface area contributed by atoms with Crippen LogP contribution in [0.5, 0.6) is 0 Å². The summed E-state index contributed by atoms with van der Waals surface area (Å²) in [6.07, 6.45) is 5.81. The number of aromatic nitrogens is 2. The largest absolute Gasteiger partial charge is 0.476 e. The van der Waals surface area contributed by atoms with E-state index in [1.165, 1.54) is 12.4 Å². The maximum atomic E-state index is 10.6. The van der Waals surface area contributed by atoms with Crippen LogP contribution in [0.2, 0.25) is 0 Å². The molecule has 0 fully saturated rings. The van der Waals surface area contributed by atoms with Crippen molar-refractivity contribution in [1.82, 2.24) is 9.97 Å². The lowest BCUT2D eigenvalue weighted by molar-refractivity contribution is 0.0690. The van der Waals surface area contributed by atoms with Crippen LogP contribution in [-0.2, 0) is 0 Å². The molecular formula is C9H13N3O2S. The highest BCUT2D eigenvalue weighted by atomic mass is 32.2. The number of rotatable bonds is 6. The van der Waals surface area contributed by atoms with E-state index in [1.54, 1.807) is 11.8 Å². The summed E-state index contributed by atoms with van der Waals surface area (Å²) >= 11 is 1.77. The van der Waals surface area contributed by atoms with Gasteiger partial charge >= 0.3 is 5.97 Å². The van der Waals surface area contributed by atoms with Crippen LogP contribution in [0, 0.1) is 0 Å². The molecule has 0 radical (unpaired) electrons. The van der Waals surface area contributed by atoms with Gasteiger partial charge in [0.25, 0.3) is 0 Å². The number of carbonyl (C=O) groups is 1. The number of hydrogen-bond acceptors (Lipinski definition) is 5. The van der Waals surface area contributed by atoms with Gasteiger partial charge in [0.05, 0.1) is 12.4 Å². The van der Waals surface area contributed by atoms with Gasteiger partial charge in [0.2, 0.25) is 0 Å². The van der Waals surface area contributed by atoms with Crippen LogP contribution in [0.4, 0.5) is 5.82 Å². The third kappa shape index (κ3) is 4.16. The Bertz CT molecular complexity index is 333. The highest BCUT2D eigenvalue weighted by Crippen LogP contribution is 2.03. The van der Waals surface area contributed by atoms with Crippen LogP contribution < -0.4 is 5.32 Å². The minimum atomic E-state index is -1.06. The van der Waals surface area contributed by atoms with Crippen LogP contribution in [0.25, 0.3) is 0 Å². The van der Waals surface area contributed by atoms with Crippen molar-refractivity contribution < 1.29 is 9.90 Å². The molecule has 5 nitrogen and oxygen atoms in total. The normalized spacial score (nSPS) is 9.93. The number of anilines is 1. The average Bonchev–Trinajstić information content (AvgIpc) is 2.25. The summed E-state index contributed by atoms with van der Waals surface area (Å²) < 4.78 is 0. The molecule has 0 bridgehead atoms. The molecule has 0 atom stereocenters. The summed E-state index contributed by atoms with van der Waals surface area (Å²) in [6.45, 7) is 0.776. The van der Waals surface area contributed by atoms with Crippen LogP contribution in [0.1, 0.15) is 16.9 Å². The van der Waals surface area contributed by atoms with Gasteiger partial charge in [0, 0.05) is 6.54 Å². The smallest absolute Gasteiger partial charge is 0.356 e. The maximum Gasteiger partial charge on any atom is 0.356 e. The van der Waals surface area contributed by atoms with Gasteiger partial charge in [-0.2, -0.15) is 11.8 Å². The van der Waals surface area contributed by atoms with Crippen molar-refractivity contribution in [3.05, 3.63) is 18.1 Å². The van der Waals surface area contributed by atoms with Crippen LogP contribution >= 0.6 is 11.8 Å². The van der Waals surface area contributed by atoms with Gasteiger partial charge in [-0.3, -0.25) is 4.98 Å². The van der Waals surface area contributed by atoms with E-state index in [1.807, 2.05) is 6.26 Å². The van der Waals surface area contributed by atoms with Crippen molar-refractivity contribution in [2.45, 2.75) is 6.42 Å². The summed E-state index contributed by atoms with van der Waals surface area (Å²) in [6, 6.07) is 0. The van der Waals surface area contributed by atoms with Gasteiger partial charge in [0.1, 0.15) is 5.82 Å². The lowest BCUT2D eigenvalue weighted by Crippen LogP contribution is -2.08. The molecule has 82 valence electrons. The number of nitrogens with one attached hydrogen (secondary N) is 1. The molecule has 0 aliphatic heterocycles. The average molecular weight is 227 g/mol. The van der Waals surface area contributed by atoms with Crippen LogP contribution in [0.3, 0.4) is 0 Å². The molecule has 0 aliphatic carbocycles. The monoisotopic (exact) mass is 227 g/mol. The third-order valence-electron chi connectivity index (χ3n) is 1.69. The minimum Gasteiger partial charge on any atom is -0.476 e. The van der Waals surface area contributed by atoms with Gasteiger partial charge in [-0.1, -0.05) is 0 Å². The van der Waals surface area contributed by atoms with Crippen molar-refractivity contribution in [2.75, 3.05) is 23.9 Å². The Morgan fingerprint density at radius 2 is 2.40 bits per heavy atom. The van der Waals surface area contributed by atoms with Crippen LogP contribution in [-0.4, -0.2) is 39.6 Å². The molecule has 1 aromatic rings. The first-order valence-corrected chi connectivity index (χ1v) is 5.91. The number of thioether (sulfide) groups is 1. The standard InChI is InChI=1S/C9H13N3O2S/c1-15-4-2-3-11-8-6-10-5-7(12-8)9(13)14/h5-6H,2-4H2,1H3,(H,11,12)(H,13,14). The van der Waals surface area contributed by atoms with Gasteiger partial charge in [-0.05, 0) is 18.4 Å². The number of nitrogens with zero attached hydrogens (tertiary/aromatic N) is 2. The molecule has 1 rings (SSSR count). The second kappa shape index (κ2) is 6.23. The second-order valence-corrected chi connectivity index (χ2v) is 3.85. The molecule has 1 aromatic heterocycles. The molecule has 15 heavy (non-hydrogen) atoms. The lowest BCUT2D eigenvalue weighted by Gasteiger charge is -2.04. The second-order valence-electron chi connectivity index (χ2n) is 2.87. The Labute approximate surface area is 92.3 Å². The highest BCUT2D eigenvalue weighted by molar-refractivity contribution is 7.98. The summed E-state index contributed by atoms with van der Waals surface area (Å²) in [5, 5.41) is 11.7. The quantitative estimate of drug-likeness (QED) is 0.714. The molecule has 0 spiro atoms. The molecular weight excluding hydrogens is 214 g/mol. The van der Waals surface area contributed by atoms with Crippen LogP contribution in [0.15, 0.2) is 12.4 Å². The molecule has 1 heterocycles. The molecule has 0 saturated heterocycles. The number of aromatic carboxylic acids is 1. The number of carboxylic acids is 1. The Balaban J connectivity index is 2.47. The van der Waals surface area contributed by atoms with Crippen molar-refractivity contribution in [3.8, 4) is 0 Å². The molecule has 0 unspecified atom stereocenters. The van der Waals surface area contributed by atoms with E-state index in [2.05, 4.69) is 15.3 Å². The van der Waals surface area contributed by atoms with E-state index in [-0.39, 0.29) is 5.69 Å². The zero-order chi connectivity index (χ0) is 11.1. The Morgan fingerprint density at radius 3 is 3.07 bits per heavy atom. The zero-order valence-corrected chi connectivity index (χ0v) is 9.25. The Morgan fingerprint density at radius 1 is 1.60 bits per heavy atom. The van der Waals surface area contributed by atoms with E-state index < -0.39 is 5.97 Å². The fourth-order valence-electron chi connectivity index (χ4n) is 0.987. The first-order valence-electron chi connectivity index (χ1n) is 4.52. The first kappa shape index (κ1) is 11.8. The van der Waals surface area contributed by atoms with Crippen molar-refractivity contribution in [2.24, 2.45) is 0 Å². The molecule has 0 aliphatic rings. The Hall–Kier alpha value is -1.30. The predicted octanol–water partition coefficient (Wildman–Crippen LogP) is 1.34. The van der Waals surface area contributed by atoms with Crippen molar-refractivity contribution >= 4 is 23.5 Å². The molecule has 0 amide bonds. The number of carboxylic acid groups (broad SMARTS) is 1. The molecule has 0 saturated carbocycles. The van der Waals surface area contributed by atoms with Gasteiger partial charge in [0.15, 0.2) is 5.69 Å². The lowest BCUT2D eigenvalue weighted by atomic mass is 10.4. The van der Waals surface area contributed by atoms with Gasteiger partial charge in [-0.25, -0.2) is 9.78 Å². The molecule has 6 heteroatoms. The minimum absolute atomic E-state index is 0.0372. The van der Waals surface area contributed by atoms with E-state index in [0.29, 0.717) is 5.82 Å². The molecule has 2 N–H and O–H groups in total. The summed E-state index contributed by atoms with van der Waals surface area (Å²) in [7, 11) is 0. The fraction of sp³-hybridized carbons (Fsp3) is 0.444. The highest BCUT2D eigenvalue weighted by Gasteiger charge is 2.05. The third-order valence-corrected chi connectivity index (χ3v) is 2.38. The maximum absolute atomic E-state index is 10.6. The van der Waals surface area contributed by atoms with Crippen molar-refractivity contribution in [1.29, 1.82) is 0 Å². The summed E-state index contributed by atoms with van der Waals surface area (Å²) in [4.78, 5) is 18.3. The van der Waals surface area contributed by atoms with Gasteiger partial charge in [-0.15, -0.1) is 0 Å². The van der Waals surface area contributed by atoms with E-state index in [4.69, 9.17) is 5.11 Å². The molecule has 0 aromatic carbocycles. The van der Waals surface area contributed by atoms with E-state index in [0.717, 1.165) is 18.7 Å².